The van der Waals surface area contributed by atoms with Gasteiger partial charge < -0.3 is 15.2 Å². The van der Waals surface area contributed by atoms with Crippen LogP contribution in [-0.4, -0.2) is 24.9 Å². The van der Waals surface area contributed by atoms with Crippen molar-refractivity contribution in [1.29, 1.82) is 0 Å². The van der Waals surface area contributed by atoms with Crippen LogP contribution >= 0.6 is 11.6 Å². The van der Waals surface area contributed by atoms with Gasteiger partial charge in [0, 0.05) is 29.8 Å². The molecule has 1 unspecified atom stereocenters. The second-order valence-electron chi connectivity index (χ2n) is 5.80. The van der Waals surface area contributed by atoms with Crippen LogP contribution in [0, 0.1) is 5.41 Å². The fourth-order valence-corrected chi connectivity index (χ4v) is 2.17. The van der Waals surface area contributed by atoms with Crippen LogP contribution in [0.1, 0.15) is 38.8 Å². The van der Waals surface area contributed by atoms with Crippen LogP contribution in [0.15, 0.2) is 18.2 Å². The molecule has 120 valence electrons. The number of nitrogens with one attached hydrogen (secondary N) is 1. The van der Waals surface area contributed by atoms with Gasteiger partial charge in [0.25, 0.3) is 0 Å². The average Bonchev–Trinajstić information content (AvgIpc) is 2.37. The molecule has 6 heteroatoms. The Hall–Kier alpha value is -0.910. The highest BCUT2D eigenvalue weighted by molar-refractivity contribution is 6.30. The molecule has 1 rings (SSSR count). The first-order chi connectivity index (χ1) is 9.75. The molecule has 0 aliphatic rings. The van der Waals surface area contributed by atoms with E-state index in [1.54, 1.807) is 6.07 Å². The normalized spacial score (nSPS) is 13.5. The van der Waals surface area contributed by atoms with E-state index in [0.29, 0.717) is 23.6 Å². The van der Waals surface area contributed by atoms with Crippen molar-refractivity contribution in [3.05, 3.63) is 28.8 Å². The zero-order chi connectivity index (χ0) is 16.0. The summed E-state index contributed by atoms with van der Waals surface area (Å²) in [6.45, 7) is 3.78. The summed E-state index contributed by atoms with van der Waals surface area (Å²) in [5.74, 6) is 0.120. The minimum Gasteiger partial charge on any atom is -0.434 e. The highest BCUT2D eigenvalue weighted by Crippen LogP contribution is 2.30. The summed E-state index contributed by atoms with van der Waals surface area (Å²) in [5.41, 5.74) is 0.494. The fraction of sp³-hybridized carbons (Fsp3) is 0.600. The molecule has 0 spiro atoms. The third-order valence-electron chi connectivity index (χ3n) is 3.33. The van der Waals surface area contributed by atoms with E-state index in [-0.39, 0.29) is 23.8 Å². The molecule has 0 aromatic heterocycles. The predicted molar refractivity (Wildman–Crippen MR) is 80.0 cm³/mol. The molecule has 21 heavy (non-hydrogen) atoms. The molecule has 0 aliphatic carbocycles. The first-order valence-electron chi connectivity index (χ1n) is 6.83. The maximum absolute atomic E-state index is 12.4. The van der Waals surface area contributed by atoms with Gasteiger partial charge in [0.1, 0.15) is 5.75 Å². The summed E-state index contributed by atoms with van der Waals surface area (Å²) in [5, 5.41) is 12.8. The Balaban J connectivity index is 2.81. The number of aliphatic hydroxyl groups is 1. The second-order valence-corrected chi connectivity index (χ2v) is 6.24. The Bertz CT molecular complexity index is 455. The number of rotatable bonds is 8. The van der Waals surface area contributed by atoms with Crippen LogP contribution in [0.3, 0.4) is 0 Å². The topological polar surface area (TPSA) is 41.5 Å². The molecule has 2 N–H and O–H groups in total. The van der Waals surface area contributed by atoms with Crippen LogP contribution in [0.5, 0.6) is 5.75 Å². The lowest BCUT2D eigenvalue weighted by Gasteiger charge is -2.27. The van der Waals surface area contributed by atoms with Crippen molar-refractivity contribution in [2.45, 2.75) is 39.8 Å². The molecule has 0 aliphatic heterocycles. The standard InChI is InChI=1S/C15H22ClF2NO2/c1-10(19-9-15(2,3)6-7-20)12-8-11(16)4-5-13(12)21-14(17)18/h4-5,8,10,14,19-20H,6-7,9H2,1-3H3. The van der Waals surface area contributed by atoms with Crippen LogP contribution in [0.25, 0.3) is 0 Å². The highest BCUT2D eigenvalue weighted by Gasteiger charge is 2.20. The number of benzene rings is 1. The van der Waals surface area contributed by atoms with E-state index in [9.17, 15) is 8.78 Å². The van der Waals surface area contributed by atoms with Gasteiger partial charge in [0.05, 0.1) is 0 Å². The van der Waals surface area contributed by atoms with Gasteiger partial charge in [0.15, 0.2) is 0 Å². The third-order valence-corrected chi connectivity index (χ3v) is 3.56. The summed E-state index contributed by atoms with van der Waals surface area (Å²) >= 11 is 5.93. The van der Waals surface area contributed by atoms with E-state index >= 15 is 0 Å². The van der Waals surface area contributed by atoms with E-state index in [1.165, 1.54) is 12.1 Å². The van der Waals surface area contributed by atoms with Crippen molar-refractivity contribution in [2.75, 3.05) is 13.2 Å². The summed E-state index contributed by atoms with van der Waals surface area (Å²) in [4.78, 5) is 0. The summed E-state index contributed by atoms with van der Waals surface area (Å²) in [6.07, 6.45) is 0.655. The quantitative estimate of drug-likeness (QED) is 0.760. The van der Waals surface area contributed by atoms with E-state index in [4.69, 9.17) is 16.7 Å². The number of ether oxygens (including phenoxy) is 1. The van der Waals surface area contributed by atoms with Crippen molar-refractivity contribution in [3.8, 4) is 5.75 Å². The second kappa shape index (κ2) is 7.92. The first kappa shape index (κ1) is 18.1. The van der Waals surface area contributed by atoms with Crippen molar-refractivity contribution >= 4 is 11.6 Å². The van der Waals surface area contributed by atoms with Crippen molar-refractivity contribution < 1.29 is 18.6 Å². The van der Waals surface area contributed by atoms with Gasteiger partial charge in [-0.3, -0.25) is 0 Å². The van der Waals surface area contributed by atoms with E-state index < -0.39 is 6.61 Å². The fourth-order valence-electron chi connectivity index (χ4n) is 1.99. The molecular weight excluding hydrogens is 300 g/mol. The number of hydrogen-bond acceptors (Lipinski definition) is 3. The maximum atomic E-state index is 12.4. The van der Waals surface area contributed by atoms with Crippen LogP contribution in [-0.2, 0) is 0 Å². The molecule has 0 bridgehead atoms. The molecule has 1 aromatic carbocycles. The van der Waals surface area contributed by atoms with E-state index in [0.717, 1.165) is 0 Å². The number of alkyl halides is 2. The first-order valence-corrected chi connectivity index (χ1v) is 7.21. The number of halogens is 3. The Morgan fingerprint density at radius 1 is 1.38 bits per heavy atom. The van der Waals surface area contributed by atoms with Crippen LogP contribution in [0.4, 0.5) is 8.78 Å². The van der Waals surface area contributed by atoms with Gasteiger partial charge >= 0.3 is 6.61 Å². The number of hydrogen-bond donors (Lipinski definition) is 2. The van der Waals surface area contributed by atoms with E-state index in [1.807, 2.05) is 20.8 Å². The monoisotopic (exact) mass is 321 g/mol. The van der Waals surface area contributed by atoms with E-state index in [2.05, 4.69) is 10.1 Å². The largest absolute Gasteiger partial charge is 0.434 e. The average molecular weight is 322 g/mol. The van der Waals surface area contributed by atoms with Crippen molar-refractivity contribution in [3.63, 3.8) is 0 Å². The minimum absolute atomic E-state index is 0.0919. The van der Waals surface area contributed by atoms with Crippen LogP contribution < -0.4 is 10.1 Å². The maximum Gasteiger partial charge on any atom is 0.387 e. The molecule has 0 saturated carbocycles. The van der Waals surface area contributed by atoms with Crippen molar-refractivity contribution in [2.24, 2.45) is 5.41 Å². The van der Waals surface area contributed by atoms with Crippen LogP contribution in [0.2, 0.25) is 5.02 Å². The van der Waals surface area contributed by atoms with Gasteiger partial charge in [-0.05, 0) is 37.0 Å². The smallest absolute Gasteiger partial charge is 0.387 e. The summed E-state index contributed by atoms with van der Waals surface area (Å²) in [6, 6.07) is 4.39. The van der Waals surface area contributed by atoms with Gasteiger partial charge in [0.2, 0.25) is 0 Å². The number of aliphatic hydroxyl groups excluding tert-OH is 1. The lowest BCUT2D eigenvalue weighted by Crippen LogP contribution is -2.32. The van der Waals surface area contributed by atoms with Gasteiger partial charge in [-0.15, -0.1) is 0 Å². The SMILES string of the molecule is CC(NCC(C)(C)CCO)c1cc(Cl)ccc1OC(F)F. The minimum atomic E-state index is -2.87. The molecule has 0 fully saturated rings. The Kier molecular flexibility index (Phi) is 6.84. The Morgan fingerprint density at radius 2 is 2.05 bits per heavy atom. The molecule has 0 saturated heterocycles. The molecule has 0 amide bonds. The van der Waals surface area contributed by atoms with Gasteiger partial charge in [-0.1, -0.05) is 25.4 Å². The molecule has 1 aromatic rings. The van der Waals surface area contributed by atoms with Gasteiger partial charge in [-0.2, -0.15) is 8.78 Å². The lowest BCUT2D eigenvalue weighted by atomic mass is 9.89. The highest BCUT2D eigenvalue weighted by atomic mass is 35.5. The summed E-state index contributed by atoms with van der Waals surface area (Å²) < 4.78 is 29.4. The van der Waals surface area contributed by atoms with Gasteiger partial charge in [-0.25, -0.2) is 0 Å². The zero-order valence-corrected chi connectivity index (χ0v) is 13.3. The molecule has 0 radical (unpaired) electrons. The molecule has 1 atom stereocenters. The predicted octanol–water partition coefficient (Wildman–Crippen LogP) is 4.00. The Labute approximate surface area is 129 Å². The zero-order valence-electron chi connectivity index (χ0n) is 12.5. The molecule has 0 heterocycles. The third kappa shape index (κ3) is 6.16. The summed E-state index contributed by atoms with van der Waals surface area (Å²) in [7, 11) is 0. The van der Waals surface area contributed by atoms with Crippen molar-refractivity contribution in [1.82, 2.24) is 5.32 Å². The lowest BCUT2D eigenvalue weighted by molar-refractivity contribution is -0.0507. The molecule has 3 nitrogen and oxygen atoms in total. The Morgan fingerprint density at radius 3 is 2.62 bits per heavy atom. The molecular formula is C15H22ClF2NO2.